The Labute approximate surface area is 85.4 Å². The highest BCUT2D eigenvalue weighted by Gasteiger charge is 2.01. The first-order valence-electron chi connectivity index (χ1n) is 4.20. The molecule has 2 nitrogen and oxygen atoms in total. The van der Waals surface area contributed by atoms with Gasteiger partial charge in [-0.15, -0.1) is 0 Å². The maximum atomic E-state index is 4.34. The Morgan fingerprint density at radius 2 is 2.15 bits per heavy atom. The van der Waals surface area contributed by atoms with Gasteiger partial charge in [-0.25, -0.2) is 4.57 Å². The Morgan fingerprint density at radius 1 is 1.31 bits per heavy atom. The molecule has 0 atom stereocenters. The molecule has 0 N–H and O–H groups in total. The van der Waals surface area contributed by atoms with E-state index in [1.807, 2.05) is 24.5 Å². The van der Waals surface area contributed by atoms with E-state index >= 15 is 0 Å². The maximum absolute atomic E-state index is 4.34. The lowest BCUT2D eigenvalue weighted by Crippen LogP contribution is -2.34. The fraction of sp³-hybridized carbons (Fsp3) is 0.200. The van der Waals surface area contributed by atoms with Crippen molar-refractivity contribution in [3.63, 3.8) is 0 Å². The Balaban J connectivity index is 2.49. The van der Waals surface area contributed by atoms with Crippen LogP contribution in [-0.4, -0.2) is 10.3 Å². The molecule has 3 heteroatoms. The summed E-state index contributed by atoms with van der Waals surface area (Å²) >= 11 is 3.40. The monoisotopic (exact) mass is 237 g/mol. The molecule has 0 radical (unpaired) electrons. The van der Waals surface area contributed by atoms with E-state index in [0.29, 0.717) is 0 Å². The normalized spacial score (nSPS) is 10.5. The fourth-order valence-electron chi connectivity index (χ4n) is 1.28. The van der Waals surface area contributed by atoms with Crippen LogP contribution in [0.1, 0.15) is 0 Å². The molecule has 0 amide bonds. The molecular formula is C10H10BrN2+. The van der Waals surface area contributed by atoms with Crippen LogP contribution in [-0.2, 0) is 6.54 Å². The Kier molecular flexibility index (Phi) is 2.54. The van der Waals surface area contributed by atoms with Crippen LogP contribution in [0.25, 0.3) is 10.9 Å². The number of rotatable bonds is 2. The lowest BCUT2D eigenvalue weighted by atomic mass is 10.2. The van der Waals surface area contributed by atoms with E-state index in [1.165, 1.54) is 5.39 Å². The highest BCUT2D eigenvalue weighted by molar-refractivity contribution is 9.09. The van der Waals surface area contributed by atoms with Crippen LogP contribution >= 0.6 is 15.9 Å². The van der Waals surface area contributed by atoms with Crippen molar-refractivity contribution in [3.8, 4) is 0 Å². The molecule has 0 saturated heterocycles. The van der Waals surface area contributed by atoms with Crippen LogP contribution in [0.3, 0.4) is 0 Å². The van der Waals surface area contributed by atoms with Gasteiger partial charge in [0.1, 0.15) is 6.20 Å². The van der Waals surface area contributed by atoms with Gasteiger partial charge in [0.15, 0.2) is 5.52 Å². The highest BCUT2D eigenvalue weighted by atomic mass is 79.9. The van der Waals surface area contributed by atoms with E-state index < -0.39 is 0 Å². The van der Waals surface area contributed by atoms with Gasteiger partial charge in [0, 0.05) is 5.33 Å². The molecule has 2 rings (SSSR count). The summed E-state index contributed by atoms with van der Waals surface area (Å²) in [6.45, 7) is 0.956. The minimum Gasteiger partial charge on any atom is -0.236 e. The first-order chi connectivity index (χ1) is 6.40. The third-order valence-corrected chi connectivity index (χ3v) is 2.28. The Morgan fingerprint density at radius 3 is 3.00 bits per heavy atom. The SMILES string of the molecule is BrCC[n+]1cnc2ccccc2c1. The van der Waals surface area contributed by atoms with E-state index in [2.05, 4.69) is 37.7 Å². The molecular weight excluding hydrogens is 228 g/mol. The van der Waals surface area contributed by atoms with Gasteiger partial charge in [-0.2, -0.15) is 0 Å². The number of fused-ring (bicyclic) bond motifs is 1. The number of hydrogen-bond acceptors (Lipinski definition) is 1. The minimum atomic E-state index is 0.956. The van der Waals surface area contributed by atoms with Gasteiger partial charge in [0.05, 0.1) is 11.9 Å². The van der Waals surface area contributed by atoms with Crippen LogP contribution in [0, 0.1) is 0 Å². The molecule has 0 aliphatic carbocycles. The van der Waals surface area contributed by atoms with Crippen molar-refractivity contribution >= 4 is 26.8 Å². The zero-order chi connectivity index (χ0) is 9.10. The van der Waals surface area contributed by atoms with Gasteiger partial charge < -0.3 is 0 Å². The molecule has 13 heavy (non-hydrogen) atoms. The van der Waals surface area contributed by atoms with Crippen molar-refractivity contribution in [3.05, 3.63) is 36.8 Å². The number of benzene rings is 1. The lowest BCUT2D eigenvalue weighted by Gasteiger charge is -1.95. The Bertz CT molecular complexity index is 414. The zero-order valence-electron chi connectivity index (χ0n) is 7.15. The first-order valence-corrected chi connectivity index (χ1v) is 5.32. The van der Waals surface area contributed by atoms with E-state index in [9.17, 15) is 0 Å². The van der Waals surface area contributed by atoms with E-state index in [-0.39, 0.29) is 0 Å². The average molecular weight is 238 g/mol. The molecule has 66 valence electrons. The predicted molar refractivity (Wildman–Crippen MR) is 55.7 cm³/mol. The van der Waals surface area contributed by atoms with Crippen molar-refractivity contribution < 1.29 is 4.57 Å². The quantitative estimate of drug-likeness (QED) is 0.577. The molecule has 0 unspecified atom stereocenters. The molecule has 1 heterocycles. The summed E-state index contributed by atoms with van der Waals surface area (Å²) in [6, 6.07) is 8.13. The first kappa shape index (κ1) is 8.63. The van der Waals surface area contributed by atoms with Crippen molar-refractivity contribution in [1.82, 2.24) is 4.98 Å². The highest BCUT2D eigenvalue weighted by Crippen LogP contribution is 2.06. The van der Waals surface area contributed by atoms with Gasteiger partial charge in [-0.3, -0.25) is 0 Å². The largest absolute Gasteiger partial charge is 0.286 e. The summed E-state index contributed by atoms with van der Waals surface area (Å²) in [7, 11) is 0. The lowest BCUT2D eigenvalue weighted by molar-refractivity contribution is -0.693. The fourth-order valence-corrected chi connectivity index (χ4v) is 1.69. The number of halogens is 1. The van der Waals surface area contributed by atoms with E-state index in [4.69, 9.17) is 0 Å². The van der Waals surface area contributed by atoms with Crippen LogP contribution in [0.15, 0.2) is 36.8 Å². The van der Waals surface area contributed by atoms with Crippen molar-refractivity contribution in [2.24, 2.45) is 0 Å². The molecule has 0 spiro atoms. The van der Waals surface area contributed by atoms with Crippen LogP contribution in [0.5, 0.6) is 0 Å². The molecule has 1 aromatic heterocycles. The van der Waals surface area contributed by atoms with Crippen molar-refractivity contribution in [2.45, 2.75) is 6.54 Å². The standard InChI is InChI=1S/C10H10BrN2/c11-5-6-13-7-9-3-1-2-4-10(9)12-8-13/h1-4,7-8H,5-6H2/q+1. The zero-order valence-corrected chi connectivity index (χ0v) is 8.74. The van der Waals surface area contributed by atoms with E-state index in [0.717, 1.165) is 17.4 Å². The van der Waals surface area contributed by atoms with Crippen LogP contribution in [0.2, 0.25) is 0 Å². The van der Waals surface area contributed by atoms with E-state index in [1.54, 1.807) is 0 Å². The topological polar surface area (TPSA) is 16.8 Å². The average Bonchev–Trinajstić information content (AvgIpc) is 2.18. The number of aryl methyl sites for hydroxylation is 1. The number of alkyl halides is 1. The van der Waals surface area contributed by atoms with Crippen molar-refractivity contribution in [2.75, 3.05) is 5.33 Å². The van der Waals surface area contributed by atoms with Crippen molar-refractivity contribution in [1.29, 1.82) is 0 Å². The molecule has 1 aromatic carbocycles. The second-order valence-corrected chi connectivity index (χ2v) is 3.65. The smallest absolute Gasteiger partial charge is 0.236 e. The summed E-state index contributed by atoms with van der Waals surface area (Å²) in [5.74, 6) is 0. The van der Waals surface area contributed by atoms with Gasteiger partial charge in [0.25, 0.3) is 6.33 Å². The third-order valence-electron chi connectivity index (χ3n) is 1.93. The van der Waals surface area contributed by atoms with Crippen LogP contribution < -0.4 is 4.57 Å². The molecule has 2 aromatic rings. The summed E-state index contributed by atoms with van der Waals surface area (Å²) in [5, 5.41) is 2.14. The molecule has 0 saturated carbocycles. The molecule has 0 fully saturated rings. The summed E-state index contributed by atoms with van der Waals surface area (Å²) < 4.78 is 2.08. The second-order valence-electron chi connectivity index (χ2n) is 2.86. The van der Waals surface area contributed by atoms with Crippen LogP contribution in [0.4, 0.5) is 0 Å². The van der Waals surface area contributed by atoms with Gasteiger partial charge in [-0.05, 0) is 17.1 Å². The van der Waals surface area contributed by atoms with Gasteiger partial charge in [-0.1, -0.05) is 28.1 Å². The summed E-state index contributed by atoms with van der Waals surface area (Å²) in [6.07, 6.45) is 3.98. The second kappa shape index (κ2) is 3.83. The molecule has 0 aliphatic heterocycles. The maximum Gasteiger partial charge on any atom is 0.286 e. The third kappa shape index (κ3) is 1.86. The number of hydrogen-bond donors (Lipinski definition) is 0. The molecule has 0 bridgehead atoms. The number of para-hydroxylation sites is 1. The van der Waals surface area contributed by atoms with Gasteiger partial charge >= 0.3 is 0 Å². The minimum absolute atomic E-state index is 0.956. The van der Waals surface area contributed by atoms with Gasteiger partial charge in [0.2, 0.25) is 0 Å². The number of aromatic nitrogens is 2. The predicted octanol–water partition coefficient (Wildman–Crippen LogP) is 1.92. The Hall–Kier alpha value is -0.960. The number of nitrogens with zero attached hydrogens (tertiary/aromatic N) is 2. The summed E-state index contributed by atoms with van der Waals surface area (Å²) in [4.78, 5) is 4.34. The summed E-state index contributed by atoms with van der Waals surface area (Å²) in [5.41, 5.74) is 1.05. The molecule has 0 aliphatic rings.